The van der Waals surface area contributed by atoms with Crippen LogP contribution in [0.25, 0.3) is 0 Å². The highest BCUT2D eigenvalue weighted by Gasteiger charge is 2.44. The van der Waals surface area contributed by atoms with Gasteiger partial charge in [0.05, 0.1) is 11.5 Å². The van der Waals surface area contributed by atoms with E-state index in [1.54, 1.807) is 13.8 Å². The molecule has 1 fully saturated rings. The number of carbonyl (C=O) groups is 4. The predicted octanol–water partition coefficient (Wildman–Crippen LogP) is 1.67. The van der Waals surface area contributed by atoms with Gasteiger partial charge in [-0.05, 0) is 18.8 Å². The summed E-state index contributed by atoms with van der Waals surface area (Å²) in [5.41, 5.74) is -0.586. The first-order chi connectivity index (χ1) is 10.7. The molecule has 0 saturated carbocycles. The highest BCUT2D eigenvalue weighted by molar-refractivity contribution is 6.05. The van der Waals surface area contributed by atoms with Crippen LogP contribution < -0.4 is 5.32 Å². The molecule has 0 aromatic heterocycles. The Kier molecular flexibility index (Phi) is 6.91. The van der Waals surface area contributed by atoms with E-state index in [1.807, 2.05) is 13.8 Å². The van der Waals surface area contributed by atoms with Gasteiger partial charge < -0.3 is 10.1 Å². The average molecular weight is 324 g/mol. The standard InChI is InChI=1S/C17H28N2O4/c1-12(2)13(11-20)18-14(21)8-6-5-7-9-19-15(22)10-17(3,4)16(19)23/h11-13H,5-10H2,1-4H3,(H,18,21). The lowest BCUT2D eigenvalue weighted by Crippen LogP contribution is -2.39. The zero-order chi connectivity index (χ0) is 17.6. The average Bonchev–Trinajstić information content (AvgIpc) is 2.65. The number of likely N-dealkylation sites (tertiary alicyclic amines) is 1. The fourth-order valence-corrected chi connectivity index (χ4v) is 2.60. The molecule has 1 atom stereocenters. The Morgan fingerprint density at radius 2 is 1.91 bits per heavy atom. The molecule has 0 bridgehead atoms. The molecule has 1 unspecified atom stereocenters. The van der Waals surface area contributed by atoms with E-state index in [2.05, 4.69) is 5.32 Å². The summed E-state index contributed by atoms with van der Waals surface area (Å²) in [5, 5.41) is 2.70. The van der Waals surface area contributed by atoms with Crippen molar-refractivity contribution in [1.82, 2.24) is 10.2 Å². The Labute approximate surface area is 138 Å². The summed E-state index contributed by atoms with van der Waals surface area (Å²) in [5.74, 6) is -0.272. The summed E-state index contributed by atoms with van der Waals surface area (Å²) >= 11 is 0. The van der Waals surface area contributed by atoms with E-state index in [0.717, 1.165) is 12.7 Å². The van der Waals surface area contributed by atoms with Crippen molar-refractivity contribution < 1.29 is 19.2 Å². The van der Waals surface area contributed by atoms with Gasteiger partial charge in [0, 0.05) is 19.4 Å². The molecule has 0 spiro atoms. The second-order valence-electron chi connectivity index (χ2n) is 7.20. The van der Waals surface area contributed by atoms with Crippen molar-refractivity contribution in [1.29, 1.82) is 0 Å². The first-order valence-electron chi connectivity index (χ1n) is 8.28. The molecule has 3 amide bonds. The minimum Gasteiger partial charge on any atom is -0.346 e. The Morgan fingerprint density at radius 3 is 2.39 bits per heavy atom. The normalized spacial score (nSPS) is 18.4. The lowest BCUT2D eigenvalue weighted by molar-refractivity contribution is -0.141. The van der Waals surface area contributed by atoms with Crippen molar-refractivity contribution >= 4 is 24.0 Å². The van der Waals surface area contributed by atoms with Gasteiger partial charge in [-0.2, -0.15) is 0 Å². The lowest BCUT2D eigenvalue weighted by atomic mass is 9.92. The largest absolute Gasteiger partial charge is 0.346 e. The van der Waals surface area contributed by atoms with Crippen molar-refractivity contribution in [2.45, 2.75) is 65.8 Å². The molecule has 23 heavy (non-hydrogen) atoms. The third kappa shape index (κ3) is 5.44. The number of imide groups is 1. The molecule has 0 aliphatic carbocycles. The van der Waals surface area contributed by atoms with E-state index in [9.17, 15) is 19.2 Å². The molecule has 130 valence electrons. The van der Waals surface area contributed by atoms with E-state index in [1.165, 1.54) is 4.90 Å². The van der Waals surface area contributed by atoms with E-state index >= 15 is 0 Å². The Hall–Kier alpha value is -1.72. The monoisotopic (exact) mass is 324 g/mol. The van der Waals surface area contributed by atoms with Crippen LogP contribution in [0.1, 0.15) is 59.8 Å². The molecular formula is C17H28N2O4. The smallest absolute Gasteiger partial charge is 0.235 e. The number of unbranched alkanes of at least 4 members (excludes halogenated alkanes) is 2. The van der Waals surface area contributed by atoms with Crippen molar-refractivity contribution in [2.75, 3.05) is 6.54 Å². The molecular weight excluding hydrogens is 296 g/mol. The first kappa shape index (κ1) is 19.3. The Morgan fingerprint density at radius 1 is 1.26 bits per heavy atom. The Balaban J connectivity index is 2.23. The van der Waals surface area contributed by atoms with Crippen molar-refractivity contribution in [3.63, 3.8) is 0 Å². The van der Waals surface area contributed by atoms with Crippen LogP contribution in [0.3, 0.4) is 0 Å². The van der Waals surface area contributed by atoms with E-state index in [4.69, 9.17) is 0 Å². The number of aldehydes is 1. The summed E-state index contributed by atoms with van der Waals surface area (Å²) in [6, 6.07) is -0.440. The van der Waals surface area contributed by atoms with Crippen LogP contribution in [0.2, 0.25) is 0 Å². The summed E-state index contributed by atoms with van der Waals surface area (Å²) < 4.78 is 0. The van der Waals surface area contributed by atoms with Gasteiger partial charge in [0.15, 0.2) is 0 Å². The number of nitrogens with one attached hydrogen (secondary N) is 1. The number of carbonyl (C=O) groups excluding carboxylic acids is 4. The minimum atomic E-state index is -0.586. The van der Waals surface area contributed by atoms with Crippen LogP contribution in [0.4, 0.5) is 0 Å². The number of hydrogen-bond acceptors (Lipinski definition) is 4. The summed E-state index contributed by atoms with van der Waals surface area (Å²) in [6.07, 6.45) is 3.52. The zero-order valence-electron chi connectivity index (χ0n) is 14.6. The fraction of sp³-hybridized carbons (Fsp3) is 0.765. The van der Waals surface area contributed by atoms with Crippen LogP contribution in [0.15, 0.2) is 0 Å². The van der Waals surface area contributed by atoms with Gasteiger partial charge in [-0.1, -0.05) is 34.1 Å². The fourth-order valence-electron chi connectivity index (χ4n) is 2.60. The minimum absolute atomic E-state index is 0.0759. The molecule has 1 saturated heterocycles. The van der Waals surface area contributed by atoms with E-state index in [0.29, 0.717) is 25.8 Å². The van der Waals surface area contributed by atoms with Gasteiger partial charge in [-0.15, -0.1) is 0 Å². The van der Waals surface area contributed by atoms with Gasteiger partial charge >= 0.3 is 0 Å². The molecule has 1 N–H and O–H groups in total. The van der Waals surface area contributed by atoms with Crippen molar-refractivity contribution in [2.24, 2.45) is 11.3 Å². The molecule has 0 aromatic rings. The number of rotatable bonds is 9. The topological polar surface area (TPSA) is 83.6 Å². The third-order valence-electron chi connectivity index (χ3n) is 4.20. The highest BCUT2D eigenvalue weighted by Crippen LogP contribution is 2.31. The maximum absolute atomic E-state index is 12.0. The van der Waals surface area contributed by atoms with Crippen molar-refractivity contribution in [3.8, 4) is 0 Å². The molecule has 6 heteroatoms. The van der Waals surface area contributed by atoms with Crippen LogP contribution in [-0.4, -0.2) is 41.5 Å². The van der Waals surface area contributed by atoms with Crippen LogP contribution >= 0.6 is 0 Å². The van der Waals surface area contributed by atoms with E-state index < -0.39 is 11.5 Å². The van der Waals surface area contributed by atoms with Gasteiger partial charge in [0.2, 0.25) is 17.7 Å². The molecule has 0 radical (unpaired) electrons. The van der Waals surface area contributed by atoms with Crippen LogP contribution in [-0.2, 0) is 19.2 Å². The molecule has 1 aliphatic rings. The third-order valence-corrected chi connectivity index (χ3v) is 4.20. The second-order valence-corrected chi connectivity index (χ2v) is 7.20. The predicted molar refractivity (Wildman–Crippen MR) is 86.4 cm³/mol. The maximum Gasteiger partial charge on any atom is 0.235 e. The maximum atomic E-state index is 12.0. The number of hydrogen-bond donors (Lipinski definition) is 1. The van der Waals surface area contributed by atoms with Gasteiger partial charge in [-0.3, -0.25) is 19.3 Å². The summed E-state index contributed by atoms with van der Waals surface area (Å²) in [6.45, 7) is 7.76. The highest BCUT2D eigenvalue weighted by atomic mass is 16.2. The molecule has 0 aromatic carbocycles. The van der Waals surface area contributed by atoms with Crippen molar-refractivity contribution in [3.05, 3.63) is 0 Å². The zero-order valence-corrected chi connectivity index (χ0v) is 14.6. The first-order valence-corrected chi connectivity index (χ1v) is 8.28. The van der Waals surface area contributed by atoms with Crippen LogP contribution in [0, 0.1) is 11.3 Å². The second kappa shape index (κ2) is 8.22. The Bertz CT molecular complexity index is 471. The number of amides is 3. The number of nitrogens with zero attached hydrogens (tertiary/aromatic N) is 1. The van der Waals surface area contributed by atoms with Crippen LogP contribution in [0.5, 0.6) is 0 Å². The lowest BCUT2D eigenvalue weighted by Gasteiger charge is -2.18. The van der Waals surface area contributed by atoms with Gasteiger partial charge in [0.1, 0.15) is 6.29 Å². The van der Waals surface area contributed by atoms with E-state index in [-0.39, 0.29) is 30.1 Å². The molecule has 6 nitrogen and oxygen atoms in total. The molecule has 1 heterocycles. The SMILES string of the molecule is CC(C)C(C=O)NC(=O)CCCCCN1C(=O)CC(C)(C)C1=O. The molecule has 1 rings (SSSR count). The van der Waals surface area contributed by atoms with Gasteiger partial charge in [-0.25, -0.2) is 0 Å². The molecule has 1 aliphatic heterocycles. The summed E-state index contributed by atoms with van der Waals surface area (Å²) in [7, 11) is 0. The van der Waals surface area contributed by atoms with Gasteiger partial charge in [0.25, 0.3) is 0 Å². The quantitative estimate of drug-likeness (QED) is 0.397. The summed E-state index contributed by atoms with van der Waals surface area (Å²) in [4.78, 5) is 47.7.